The molecule has 4 nitrogen and oxygen atoms in total. The Balaban J connectivity index is 0. The minimum Gasteiger partial charge on any atom is -0.477 e. The van der Waals surface area contributed by atoms with Gasteiger partial charge in [-0.1, -0.05) is 26.7 Å². The van der Waals surface area contributed by atoms with E-state index in [9.17, 15) is 4.79 Å². The molecule has 0 atom stereocenters. The van der Waals surface area contributed by atoms with Crippen molar-refractivity contribution in [3.8, 4) is 0 Å². The maximum atomic E-state index is 10.9. The number of carbonyl (C=O) groups is 2. The van der Waals surface area contributed by atoms with Crippen LogP contribution in [0.25, 0.3) is 0 Å². The first-order valence-corrected chi connectivity index (χ1v) is 6.46. The standard InChI is InChI=1S/C12H25NO2.CH2O/c1-4-7-9-13(6-3,10-8-5-2)11-12(14)15;1-2/h4-11H2,1-3H3;1H2/p+1. The molecule has 0 aromatic rings. The van der Waals surface area contributed by atoms with E-state index in [4.69, 9.17) is 9.90 Å². The lowest BCUT2D eigenvalue weighted by molar-refractivity contribution is -0.920. The highest BCUT2D eigenvalue weighted by atomic mass is 16.4. The Morgan fingerprint density at radius 3 is 1.71 bits per heavy atom. The van der Waals surface area contributed by atoms with Gasteiger partial charge in [-0.2, -0.15) is 0 Å². The third-order valence-corrected chi connectivity index (χ3v) is 3.11. The van der Waals surface area contributed by atoms with Gasteiger partial charge in [0.25, 0.3) is 0 Å². The van der Waals surface area contributed by atoms with Crippen molar-refractivity contribution >= 4 is 12.8 Å². The number of quaternary nitrogens is 1. The average Bonchev–Trinajstić information content (AvgIpc) is 2.35. The second-order valence-corrected chi connectivity index (χ2v) is 4.36. The quantitative estimate of drug-likeness (QED) is 0.635. The smallest absolute Gasteiger partial charge is 0.359 e. The zero-order valence-corrected chi connectivity index (χ0v) is 11.6. The molecular formula is C13H28NO3+. The molecule has 0 aliphatic carbocycles. The van der Waals surface area contributed by atoms with Gasteiger partial charge in [0.15, 0.2) is 6.54 Å². The zero-order chi connectivity index (χ0) is 13.7. The molecule has 0 aliphatic heterocycles. The number of aliphatic carboxylic acids is 1. The fourth-order valence-corrected chi connectivity index (χ4v) is 1.97. The normalized spacial score (nSPS) is 10.5. The van der Waals surface area contributed by atoms with Gasteiger partial charge in [0.05, 0.1) is 19.6 Å². The highest BCUT2D eigenvalue weighted by molar-refractivity contribution is 5.67. The van der Waals surface area contributed by atoms with Gasteiger partial charge in [0, 0.05) is 0 Å². The van der Waals surface area contributed by atoms with Crippen molar-refractivity contribution in [2.75, 3.05) is 26.2 Å². The van der Waals surface area contributed by atoms with E-state index in [1.807, 2.05) is 6.79 Å². The molecule has 0 saturated carbocycles. The predicted octanol–water partition coefficient (Wildman–Crippen LogP) is 2.32. The van der Waals surface area contributed by atoms with Gasteiger partial charge >= 0.3 is 5.97 Å². The summed E-state index contributed by atoms with van der Waals surface area (Å²) < 4.78 is 0.761. The van der Waals surface area contributed by atoms with Crippen LogP contribution in [0.2, 0.25) is 0 Å². The highest BCUT2D eigenvalue weighted by Crippen LogP contribution is 2.11. The number of hydrogen-bond acceptors (Lipinski definition) is 2. The lowest BCUT2D eigenvalue weighted by Gasteiger charge is -2.36. The van der Waals surface area contributed by atoms with E-state index in [-0.39, 0.29) is 6.54 Å². The molecule has 0 aromatic heterocycles. The number of rotatable bonds is 9. The molecule has 0 rings (SSSR count). The van der Waals surface area contributed by atoms with Crippen molar-refractivity contribution < 1.29 is 19.2 Å². The fourth-order valence-electron chi connectivity index (χ4n) is 1.97. The van der Waals surface area contributed by atoms with E-state index >= 15 is 0 Å². The first-order chi connectivity index (χ1) is 8.10. The van der Waals surface area contributed by atoms with Gasteiger partial charge in [0.1, 0.15) is 6.79 Å². The highest BCUT2D eigenvalue weighted by Gasteiger charge is 2.27. The van der Waals surface area contributed by atoms with Crippen molar-refractivity contribution in [1.82, 2.24) is 0 Å². The van der Waals surface area contributed by atoms with Crippen molar-refractivity contribution in [3.63, 3.8) is 0 Å². The third-order valence-electron chi connectivity index (χ3n) is 3.11. The van der Waals surface area contributed by atoms with Gasteiger partial charge in [-0.15, -0.1) is 0 Å². The van der Waals surface area contributed by atoms with Crippen molar-refractivity contribution in [2.45, 2.75) is 46.5 Å². The molecule has 0 bridgehead atoms. The summed E-state index contributed by atoms with van der Waals surface area (Å²) in [6, 6.07) is 0. The van der Waals surface area contributed by atoms with E-state index in [1.165, 1.54) is 0 Å². The maximum absolute atomic E-state index is 10.9. The Morgan fingerprint density at radius 1 is 1.06 bits per heavy atom. The molecule has 4 heteroatoms. The summed E-state index contributed by atoms with van der Waals surface area (Å²) in [5, 5.41) is 8.96. The van der Waals surface area contributed by atoms with E-state index in [2.05, 4.69) is 20.8 Å². The van der Waals surface area contributed by atoms with Gasteiger partial charge in [-0.05, 0) is 19.8 Å². The monoisotopic (exact) mass is 246 g/mol. The molecule has 0 fully saturated rings. The first-order valence-electron chi connectivity index (χ1n) is 6.46. The molecular weight excluding hydrogens is 218 g/mol. The maximum Gasteiger partial charge on any atom is 0.359 e. The molecule has 0 saturated heterocycles. The SMILES string of the molecule is C=O.CCCC[N+](CC)(CCCC)CC(=O)O. The Morgan fingerprint density at radius 2 is 1.47 bits per heavy atom. The van der Waals surface area contributed by atoms with Crippen LogP contribution >= 0.6 is 0 Å². The van der Waals surface area contributed by atoms with E-state index in [0.29, 0.717) is 0 Å². The van der Waals surface area contributed by atoms with Gasteiger partial charge in [0.2, 0.25) is 0 Å². The topological polar surface area (TPSA) is 54.4 Å². The van der Waals surface area contributed by atoms with Crippen LogP contribution in [0.3, 0.4) is 0 Å². The summed E-state index contributed by atoms with van der Waals surface area (Å²) >= 11 is 0. The number of likely N-dealkylation sites (N-methyl/N-ethyl adjacent to an activating group) is 1. The summed E-state index contributed by atoms with van der Waals surface area (Å²) in [5.41, 5.74) is 0. The number of unbranched alkanes of at least 4 members (excludes halogenated alkanes) is 2. The van der Waals surface area contributed by atoms with Crippen LogP contribution in [0.4, 0.5) is 0 Å². The summed E-state index contributed by atoms with van der Waals surface area (Å²) in [6.45, 7) is 11.7. The Kier molecular flexibility index (Phi) is 12.6. The number of carboxylic acid groups (broad SMARTS) is 1. The molecule has 17 heavy (non-hydrogen) atoms. The molecule has 1 N–H and O–H groups in total. The van der Waals surface area contributed by atoms with E-state index in [1.54, 1.807) is 0 Å². The van der Waals surface area contributed by atoms with Crippen LogP contribution < -0.4 is 0 Å². The Labute approximate surface area is 105 Å². The lowest BCUT2D eigenvalue weighted by Crippen LogP contribution is -2.52. The van der Waals surface area contributed by atoms with Crippen molar-refractivity contribution in [3.05, 3.63) is 0 Å². The largest absolute Gasteiger partial charge is 0.477 e. The minimum atomic E-state index is -0.663. The molecule has 0 heterocycles. The Bertz CT molecular complexity index is 187. The summed E-state index contributed by atoms with van der Waals surface area (Å²) in [6.07, 6.45) is 4.55. The van der Waals surface area contributed by atoms with Crippen LogP contribution in [0.5, 0.6) is 0 Å². The molecule has 0 spiro atoms. The third kappa shape index (κ3) is 8.86. The van der Waals surface area contributed by atoms with Crippen LogP contribution in [0.15, 0.2) is 0 Å². The van der Waals surface area contributed by atoms with Gasteiger partial charge in [-0.3, -0.25) is 0 Å². The summed E-state index contributed by atoms with van der Waals surface area (Å²) in [4.78, 5) is 18.9. The average molecular weight is 246 g/mol. The van der Waals surface area contributed by atoms with Gasteiger partial charge in [-0.25, -0.2) is 4.79 Å². The molecule has 0 amide bonds. The predicted molar refractivity (Wildman–Crippen MR) is 70.0 cm³/mol. The van der Waals surface area contributed by atoms with Crippen LogP contribution in [-0.4, -0.2) is 48.5 Å². The number of nitrogens with zero attached hydrogens (tertiary/aromatic N) is 1. The molecule has 102 valence electrons. The van der Waals surface area contributed by atoms with Crippen LogP contribution in [0.1, 0.15) is 46.5 Å². The van der Waals surface area contributed by atoms with Crippen LogP contribution in [0, 0.1) is 0 Å². The Hall–Kier alpha value is -0.900. The molecule has 0 radical (unpaired) electrons. The summed E-state index contributed by atoms with van der Waals surface area (Å²) in [7, 11) is 0. The zero-order valence-electron chi connectivity index (χ0n) is 11.6. The number of carbonyl (C=O) groups excluding carboxylic acids is 1. The number of carboxylic acids is 1. The molecule has 0 unspecified atom stereocenters. The van der Waals surface area contributed by atoms with Gasteiger partial charge < -0.3 is 14.4 Å². The van der Waals surface area contributed by atoms with Crippen molar-refractivity contribution in [2.24, 2.45) is 0 Å². The second kappa shape index (κ2) is 11.6. The molecule has 0 aromatic carbocycles. The minimum absolute atomic E-state index is 0.288. The van der Waals surface area contributed by atoms with E-state index < -0.39 is 5.97 Å². The van der Waals surface area contributed by atoms with Crippen molar-refractivity contribution in [1.29, 1.82) is 0 Å². The first kappa shape index (κ1) is 18.5. The second-order valence-electron chi connectivity index (χ2n) is 4.36. The van der Waals surface area contributed by atoms with Crippen LogP contribution in [-0.2, 0) is 9.59 Å². The number of hydrogen-bond donors (Lipinski definition) is 1. The summed E-state index contributed by atoms with van der Waals surface area (Å²) in [5.74, 6) is -0.663. The fraction of sp³-hybridized carbons (Fsp3) is 0.846. The molecule has 0 aliphatic rings. The lowest BCUT2D eigenvalue weighted by atomic mass is 10.2. The van der Waals surface area contributed by atoms with E-state index in [0.717, 1.165) is 49.8 Å².